The van der Waals surface area contributed by atoms with Crippen molar-refractivity contribution in [3.63, 3.8) is 0 Å². The highest BCUT2D eigenvalue weighted by atomic mass is 15.3. The minimum absolute atomic E-state index is 0.844. The fourth-order valence-electron chi connectivity index (χ4n) is 1.67. The predicted octanol–water partition coefficient (Wildman–Crippen LogP) is 2.93. The van der Waals surface area contributed by atoms with E-state index < -0.39 is 0 Å². The average molecular weight is 241 g/mol. The minimum Gasteiger partial charge on any atom is -0.309 e. The Bertz CT molecular complexity index is 508. The molecule has 0 radical (unpaired) electrons. The number of hydrogen-bond acceptors (Lipinski definition) is 2. The van der Waals surface area contributed by atoms with E-state index in [2.05, 4.69) is 36.5 Å². The van der Waals surface area contributed by atoms with Gasteiger partial charge in [0, 0.05) is 24.8 Å². The Balaban J connectivity index is 1.93. The summed E-state index contributed by atoms with van der Waals surface area (Å²) in [4.78, 5) is 0. The van der Waals surface area contributed by atoms with Gasteiger partial charge in [-0.3, -0.25) is 0 Å². The number of hydrogen-bond donors (Lipinski definition) is 1. The Labute approximate surface area is 108 Å². The molecule has 3 nitrogen and oxygen atoms in total. The number of rotatable bonds is 5. The van der Waals surface area contributed by atoms with Crippen LogP contribution in [0, 0.1) is 0 Å². The molecule has 2 aromatic rings. The second-order valence-corrected chi connectivity index (χ2v) is 4.54. The summed E-state index contributed by atoms with van der Waals surface area (Å²) in [5, 5.41) is 7.73. The van der Waals surface area contributed by atoms with Crippen LogP contribution in [0.4, 0.5) is 0 Å². The number of para-hydroxylation sites is 1. The van der Waals surface area contributed by atoms with Gasteiger partial charge in [-0.05, 0) is 26.0 Å². The Kier molecular flexibility index (Phi) is 4.31. The number of benzene rings is 1. The Morgan fingerprint density at radius 3 is 2.78 bits per heavy atom. The minimum atomic E-state index is 0.844. The number of allylic oxidation sites excluding steroid dienone is 1. The molecule has 0 saturated carbocycles. The Morgan fingerprint density at radius 1 is 1.28 bits per heavy atom. The van der Waals surface area contributed by atoms with E-state index in [1.165, 1.54) is 11.1 Å². The number of nitrogens with zero attached hydrogens (tertiary/aromatic N) is 2. The smallest absolute Gasteiger partial charge is 0.0645 e. The van der Waals surface area contributed by atoms with Crippen LogP contribution in [0.1, 0.15) is 19.4 Å². The standard InChI is InChI=1S/C15H19N3/c1-13(2)8-9-16-10-14-11-17-18(12-14)15-6-4-3-5-7-15/h3-8,11-12,16H,9-10H2,1-2H3. The highest BCUT2D eigenvalue weighted by Crippen LogP contribution is 2.07. The molecule has 0 unspecified atom stereocenters. The molecule has 0 aliphatic heterocycles. The maximum atomic E-state index is 4.36. The third-order valence-corrected chi connectivity index (χ3v) is 2.64. The zero-order chi connectivity index (χ0) is 12.8. The molecule has 18 heavy (non-hydrogen) atoms. The molecule has 1 heterocycles. The summed E-state index contributed by atoms with van der Waals surface area (Å²) in [5.74, 6) is 0. The Hall–Kier alpha value is -1.87. The summed E-state index contributed by atoms with van der Waals surface area (Å²) in [6, 6.07) is 10.1. The third-order valence-electron chi connectivity index (χ3n) is 2.64. The summed E-state index contributed by atoms with van der Waals surface area (Å²) >= 11 is 0. The van der Waals surface area contributed by atoms with Crippen LogP contribution < -0.4 is 5.32 Å². The lowest BCUT2D eigenvalue weighted by atomic mass is 10.3. The summed E-state index contributed by atoms with van der Waals surface area (Å²) in [5.41, 5.74) is 3.62. The molecule has 0 spiro atoms. The van der Waals surface area contributed by atoms with Crippen LogP contribution in [0.2, 0.25) is 0 Å². The first-order valence-corrected chi connectivity index (χ1v) is 6.19. The number of nitrogens with one attached hydrogen (secondary N) is 1. The van der Waals surface area contributed by atoms with Gasteiger partial charge in [0.15, 0.2) is 0 Å². The van der Waals surface area contributed by atoms with Crippen LogP contribution in [0.15, 0.2) is 54.4 Å². The monoisotopic (exact) mass is 241 g/mol. The van der Waals surface area contributed by atoms with E-state index in [1.807, 2.05) is 41.2 Å². The average Bonchev–Trinajstić information content (AvgIpc) is 2.84. The normalized spacial score (nSPS) is 10.3. The van der Waals surface area contributed by atoms with E-state index in [4.69, 9.17) is 0 Å². The SMILES string of the molecule is CC(C)=CCNCc1cnn(-c2ccccc2)c1. The van der Waals surface area contributed by atoms with E-state index in [1.54, 1.807) is 0 Å². The van der Waals surface area contributed by atoms with Gasteiger partial charge in [-0.15, -0.1) is 0 Å². The lowest BCUT2D eigenvalue weighted by Crippen LogP contribution is -2.12. The van der Waals surface area contributed by atoms with Crippen LogP contribution in [0.25, 0.3) is 5.69 Å². The van der Waals surface area contributed by atoms with Gasteiger partial charge < -0.3 is 5.32 Å². The van der Waals surface area contributed by atoms with Crippen molar-refractivity contribution in [3.8, 4) is 5.69 Å². The first-order valence-electron chi connectivity index (χ1n) is 6.19. The van der Waals surface area contributed by atoms with Gasteiger partial charge in [-0.25, -0.2) is 4.68 Å². The molecule has 0 saturated heterocycles. The molecule has 3 heteroatoms. The molecule has 94 valence electrons. The first-order chi connectivity index (χ1) is 8.75. The van der Waals surface area contributed by atoms with E-state index >= 15 is 0 Å². The fourth-order valence-corrected chi connectivity index (χ4v) is 1.67. The Morgan fingerprint density at radius 2 is 2.06 bits per heavy atom. The van der Waals surface area contributed by atoms with Gasteiger partial charge in [-0.1, -0.05) is 29.8 Å². The van der Waals surface area contributed by atoms with Crippen LogP contribution in [-0.4, -0.2) is 16.3 Å². The van der Waals surface area contributed by atoms with E-state index in [9.17, 15) is 0 Å². The first kappa shape index (κ1) is 12.6. The fraction of sp³-hybridized carbons (Fsp3) is 0.267. The van der Waals surface area contributed by atoms with Gasteiger partial charge in [0.2, 0.25) is 0 Å². The molecule has 0 amide bonds. The molecule has 0 atom stereocenters. The quantitative estimate of drug-likeness (QED) is 0.644. The van der Waals surface area contributed by atoms with Gasteiger partial charge in [0.1, 0.15) is 0 Å². The summed E-state index contributed by atoms with van der Waals surface area (Å²) in [6.07, 6.45) is 6.15. The van der Waals surface area contributed by atoms with E-state index in [-0.39, 0.29) is 0 Å². The van der Waals surface area contributed by atoms with Crippen molar-refractivity contribution in [2.24, 2.45) is 0 Å². The summed E-state index contributed by atoms with van der Waals surface area (Å²) in [7, 11) is 0. The highest BCUT2D eigenvalue weighted by Gasteiger charge is 1.99. The van der Waals surface area contributed by atoms with E-state index in [0.29, 0.717) is 0 Å². The summed E-state index contributed by atoms with van der Waals surface area (Å²) in [6.45, 7) is 5.96. The van der Waals surface area contributed by atoms with Crippen molar-refractivity contribution in [2.75, 3.05) is 6.54 Å². The lowest BCUT2D eigenvalue weighted by molar-refractivity contribution is 0.756. The van der Waals surface area contributed by atoms with Crippen LogP contribution in [0.3, 0.4) is 0 Å². The second-order valence-electron chi connectivity index (χ2n) is 4.54. The van der Waals surface area contributed by atoms with E-state index in [0.717, 1.165) is 18.8 Å². The zero-order valence-corrected chi connectivity index (χ0v) is 10.9. The lowest BCUT2D eigenvalue weighted by Gasteiger charge is -2.00. The summed E-state index contributed by atoms with van der Waals surface area (Å²) < 4.78 is 1.90. The van der Waals surface area contributed by atoms with Gasteiger partial charge >= 0.3 is 0 Å². The second kappa shape index (κ2) is 6.17. The van der Waals surface area contributed by atoms with Gasteiger partial charge in [-0.2, -0.15) is 5.10 Å². The van der Waals surface area contributed by atoms with Crippen LogP contribution >= 0.6 is 0 Å². The maximum absolute atomic E-state index is 4.36. The van der Waals surface area contributed by atoms with Crippen molar-refractivity contribution in [1.82, 2.24) is 15.1 Å². The van der Waals surface area contributed by atoms with Crippen LogP contribution in [-0.2, 0) is 6.54 Å². The van der Waals surface area contributed by atoms with Crippen molar-refractivity contribution >= 4 is 0 Å². The predicted molar refractivity (Wildman–Crippen MR) is 74.7 cm³/mol. The molecule has 2 rings (SSSR count). The third kappa shape index (κ3) is 3.57. The van der Waals surface area contributed by atoms with Gasteiger partial charge in [0.05, 0.1) is 11.9 Å². The van der Waals surface area contributed by atoms with Crippen molar-refractivity contribution in [3.05, 3.63) is 59.9 Å². The molecule has 0 fully saturated rings. The van der Waals surface area contributed by atoms with Crippen molar-refractivity contribution in [1.29, 1.82) is 0 Å². The molecule has 1 N–H and O–H groups in total. The molecule has 0 aliphatic carbocycles. The molecular formula is C15H19N3. The van der Waals surface area contributed by atoms with Crippen molar-refractivity contribution < 1.29 is 0 Å². The molecule has 1 aromatic carbocycles. The number of aromatic nitrogens is 2. The molecular weight excluding hydrogens is 222 g/mol. The highest BCUT2D eigenvalue weighted by molar-refractivity contribution is 5.30. The topological polar surface area (TPSA) is 29.9 Å². The largest absolute Gasteiger partial charge is 0.309 e. The van der Waals surface area contributed by atoms with Crippen molar-refractivity contribution in [2.45, 2.75) is 20.4 Å². The molecule has 0 aliphatic rings. The maximum Gasteiger partial charge on any atom is 0.0645 e. The zero-order valence-electron chi connectivity index (χ0n) is 10.9. The molecule has 1 aromatic heterocycles. The van der Waals surface area contributed by atoms with Crippen LogP contribution in [0.5, 0.6) is 0 Å². The molecule has 0 bridgehead atoms. The van der Waals surface area contributed by atoms with Gasteiger partial charge in [0.25, 0.3) is 0 Å².